The van der Waals surface area contributed by atoms with Crippen molar-refractivity contribution >= 4 is 17.6 Å². The summed E-state index contributed by atoms with van der Waals surface area (Å²) in [5.74, 6) is 2.04. The zero-order chi connectivity index (χ0) is 21.3. The molecule has 2 aromatic carbocycles. The fourth-order valence-electron chi connectivity index (χ4n) is 3.46. The number of hydrogen-bond acceptors (Lipinski definition) is 4. The molecule has 160 valence electrons. The van der Waals surface area contributed by atoms with Gasteiger partial charge in [-0.3, -0.25) is 4.79 Å². The predicted molar refractivity (Wildman–Crippen MR) is 119 cm³/mol. The molecule has 0 atom stereocenters. The smallest absolute Gasteiger partial charge is 0.226 e. The van der Waals surface area contributed by atoms with Crippen molar-refractivity contribution in [2.24, 2.45) is 10.7 Å². The number of carbonyl (C=O) groups excluding carboxylic acids is 1. The Hall–Kier alpha value is -3.22. The van der Waals surface area contributed by atoms with E-state index in [0.29, 0.717) is 37.0 Å². The summed E-state index contributed by atoms with van der Waals surface area (Å²) in [5.41, 5.74) is 9.12. The van der Waals surface area contributed by atoms with Gasteiger partial charge in [0.1, 0.15) is 0 Å². The van der Waals surface area contributed by atoms with Gasteiger partial charge in [0.15, 0.2) is 17.5 Å². The fraction of sp³-hybridized carbons (Fsp3) is 0.391. The summed E-state index contributed by atoms with van der Waals surface area (Å²) < 4.78 is 10.6. The van der Waals surface area contributed by atoms with Crippen LogP contribution in [-0.2, 0) is 17.8 Å². The molecule has 0 aromatic heterocycles. The number of hydrogen-bond donors (Lipinski definition) is 2. The van der Waals surface area contributed by atoms with Crippen molar-refractivity contribution in [1.82, 2.24) is 5.32 Å². The van der Waals surface area contributed by atoms with Gasteiger partial charge in [-0.2, -0.15) is 0 Å². The number of anilines is 1. The van der Waals surface area contributed by atoms with Crippen molar-refractivity contribution in [2.45, 2.75) is 32.2 Å². The third kappa shape index (κ3) is 5.65. The molecule has 1 heterocycles. The maximum Gasteiger partial charge on any atom is 0.226 e. The lowest BCUT2D eigenvalue weighted by Crippen LogP contribution is -2.35. The molecule has 1 aliphatic heterocycles. The summed E-state index contributed by atoms with van der Waals surface area (Å²) in [6, 6.07) is 13.8. The average Bonchev–Trinajstić information content (AvgIpc) is 2.78. The number of ether oxygens (including phenoxy) is 2. The second-order valence-corrected chi connectivity index (χ2v) is 7.24. The number of guanidine groups is 1. The minimum absolute atomic E-state index is 0.204. The maximum atomic E-state index is 12.0. The van der Waals surface area contributed by atoms with Crippen LogP contribution in [0.1, 0.15) is 30.4 Å². The lowest BCUT2D eigenvalue weighted by Gasteiger charge is -2.26. The molecule has 7 heteroatoms. The van der Waals surface area contributed by atoms with Crippen LogP contribution in [0, 0.1) is 0 Å². The molecule has 0 aliphatic carbocycles. The number of nitrogens with two attached hydrogens (primary N) is 1. The average molecular weight is 411 g/mol. The molecule has 1 amide bonds. The lowest BCUT2D eigenvalue weighted by atomic mass is 10.1. The highest BCUT2D eigenvalue weighted by molar-refractivity contribution is 5.93. The van der Waals surface area contributed by atoms with Crippen molar-refractivity contribution in [3.8, 4) is 11.5 Å². The molecule has 0 bridgehead atoms. The molecule has 7 nitrogen and oxygen atoms in total. The van der Waals surface area contributed by atoms with Crippen molar-refractivity contribution in [1.29, 1.82) is 0 Å². The van der Waals surface area contributed by atoms with Gasteiger partial charge in [0.25, 0.3) is 0 Å². The van der Waals surface area contributed by atoms with Crippen molar-refractivity contribution < 1.29 is 14.3 Å². The Labute approximate surface area is 177 Å². The van der Waals surface area contributed by atoms with Crippen LogP contribution in [-0.4, -0.2) is 39.2 Å². The number of nitrogens with one attached hydrogen (secondary N) is 1. The van der Waals surface area contributed by atoms with E-state index in [1.165, 1.54) is 0 Å². The third-order valence-corrected chi connectivity index (χ3v) is 5.17. The van der Waals surface area contributed by atoms with Gasteiger partial charge >= 0.3 is 0 Å². The molecule has 0 unspecified atom stereocenters. The van der Waals surface area contributed by atoms with Crippen LogP contribution >= 0.6 is 0 Å². The first-order chi connectivity index (χ1) is 14.6. The first-order valence-corrected chi connectivity index (χ1v) is 10.2. The van der Waals surface area contributed by atoms with E-state index in [4.69, 9.17) is 15.2 Å². The van der Waals surface area contributed by atoms with E-state index in [9.17, 15) is 4.79 Å². The Morgan fingerprint density at radius 2 is 1.80 bits per heavy atom. The van der Waals surface area contributed by atoms with Crippen LogP contribution < -0.4 is 25.4 Å². The molecule has 1 fully saturated rings. The molecule has 3 N–H and O–H groups in total. The minimum atomic E-state index is 0.204. The van der Waals surface area contributed by atoms with Crippen LogP contribution in [0.5, 0.6) is 11.5 Å². The van der Waals surface area contributed by atoms with Crippen LogP contribution in [0.2, 0.25) is 0 Å². The van der Waals surface area contributed by atoms with Gasteiger partial charge < -0.3 is 25.4 Å². The zero-order valence-electron chi connectivity index (χ0n) is 17.7. The summed E-state index contributed by atoms with van der Waals surface area (Å²) >= 11 is 0. The predicted octanol–water partition coefficient (Wildman–Crippen LogP) is 2.87. The maximum absolute atomic E-state index is 12.0. The van der Waals surface area contributed by atoms with E-state index >= 15 is 0 Å². The molecule has 1 aliphatic rings. The first-order valence-electron chi connectivity index (χ1n) is 10.2. The second kappa shape index (κ2) is 10.5. The number of benzene rings is 2. The minimum Gasteiger partial charge on any atom is -0.493 e. The number of nitrogens with zero attached hydrogens (tertiary/aromatic N) is 2. The molecule has 1 saturated heterocycles. The summed E-state index contributed by atoms with van der Waals surface area (Å²) in [6.45, 7) is 1.96. The second-order valence-electron chi connectivity index (χ2n) is 7.24. The normalized spacial score (nSPS) is 14.5. The number of amides is 1. The molecule has 3 rings (SSSR count). The highest BCUT2D eigenvalue weighted by Gasteiger charge is 2.19. The van der Waals surface area contributed by atoms with Gasteiger partial charge in [-0.1, -0.05) is 18.2 Å². The highest BCUT2D eigenvalue weighted by atomic mass is 16.5. The van der Waals surface area contributed by atoms with Crippen LogP contribution in [0.4, 0.5) is 5.69 Å². The lowest BCUT2D eigenvalue weighted by molar-refractivity contribution is -0.119. The number of carbonyl (C=O) groups is 1. The number of aliphatic imine (C=N–C) groups is 1. The Bertz CT molecular complexity index is 881. The fourth-order valence-corrected chi connectivity index (χ4v) is 3.46. The van der Waals surface area contributed by atoms with E-state index in [1.54, 1.807) is 14.2 Å². The van der Waals surface area contributed by atoms with Gasteiger partial charge in [-0.05, 0) is 54.7 Å². The Morgan fingerprint density at radius 1 is 1.07 bits per heavy atom. The SMILES string of the molecule is COc1ccc(CCNC(N)=NCc2ccc(N3CCCCC3=O)cc2)cc1OC. The summed E-state index contributed by atoms with van der Waals surface area (Å²) in [6.07, 6.45) is 3.47. The van der Waals surface area contributed by atoms with Gasteiger partial charge in [0.05, 0.1) is 20.8 Å². The standard InChI is InChI=1S/C23H30N4O3/c1-29-20-11-8-17(15-21(20)30-2)12-13-25-23(24)26-16-18-6-9-19(10-7-18)27-14-4-3-5-22(27)28/h6-11,15H,3-5,12-14,16H2,1-2H3,(H3,24,25,26). The van der Waals surface area contributed by atoms with E-state index in [1.807, 2.05) is 47.4 Å². The topological polar surface area (TPSA) is 89.2 Å². The van der Waals surface area contributed by atoms with Gasteiger partial charge in [0.2, 0.25) is 5.91 Å². The van der Waals surface area contributed by atoms with Crippen LogP contribution in [0.25, 0.3) is 0 Å². The third-order valence-electron chi connectivity index (χ3n) is 5.17. The van der Waals surface area contributed by atoms with E-state index < -0.39 is 0 Å². The Balaban J connectivity index is 1.47. The monoisotopic (exact) mass is 410 g/mol. The zero-order valence-corrected chi connectivity index (χ0v) is 17.7. The molecule has 2 aromatic rings. The van der Waals surface area contributed by atoms with Crippen LogP contribution in [0.15, 0.2) is 47.5 Å². The quantitative estimate of drug-likeness (QED) is 0.516. The molecule has 0 radical (unpaired) electrons. The number of rotatable bonds is 8. The van der Waals surface area contributed by atoms with Crippen LogP contribution in [0.3, 0.4) is 0 Å². The number of methoxy groups -OCH3 is 2. The summed E-state index contributed by atoms with van der Waals surface area (Å²) in [7, 11) is 3.25. The largest absolute Gasteiger partial charge is 0.493 e. The van der Waals surface area contributed by atoms with E-state index in [2.05, 4.69) is 10.3 Å². The van der Waals surface area contributed by atoms with Gasteiger partial charge in [-0.15, -0.1) is 0 Å². The van der Waals surface area contributed by atoms with Crippen molar-refractivity contribution in [2.75, 3.05) is 32.2 Å². The Morgan fingerprint density at radius 3 is 2.50 bits per heavy atom. The first kappa shape index (κ1) is 21.5. The Kier molecular flexibility index (Phi) is 7.54. The molecular formula is C23H30N4O3. The molecule has 0 spiro atoms. The highest BCUT2D eigenvalue weighted by Crippen LogP contribution is 2.27. The molecule has 0 saturated carbocycles. The van der Waals surface area contributed by atoms with Gasteiger partial charge in [-0.25, -0.2) is 4.99 Å². The summed E-state index contributed by atoms with van der Waals surface area (Å²) in [4.78, 5) is 18.3. The van der Waals surface area contributed by atoms with Gasteiger partial charge in [0, 0.05) is 25.2 Å². The molecule has 30 heavy (non-hydrogen) atoms. The molecular weight excluding hydrogens is 380 g/mol. The summed E-state index contributed by atoms with van der Waals surface area (Å²) in [5, 5.41) is 3.14. The number of piperidine rings is 1. The van der Waals surface area contributed by atoms with E-state index in [0.717, 1.165) is 42.6 Å². The van der Waals surface area contributed by atoms with E-state index in [-0.39, 0.29) is 5.91 Å². The van der Waals surface area contributed by atoms with Crippen molar-refractivity contribution in [3.05, 3.63) is 53.6 Å². The van der Waals surface area contributed by atoms with Crippen molar-refractivity contribution in [3.63, 3.8) is 0 Å².